The second-order valence-electron chi connectivity index (χ2n) is 3.51. The second kappa shape index (κ2) is 5.63. The van der Waals surface area contributed by atoms with Crippen LogP contribution in [-0.2, 0) is 11.0 Å². The molecule has 14 heavy (non-hydrogen) atoms. The Morgan fingerprint density at radius 1 is 1.57 bits per heavy atom. The molecule has 0 unspecified atom stereocenters. The van der Waals surface area contributed by atoms with Gasteiger partial charge in [0.1, 0.15) is 11.0 Å². The number of hydrogen-bond acceptors (Lipinski definition) is 3. The van der Waals surface area contributed by atoms with Gasteiger partial charge in [0, 0.05) is 5.38 Å². The first kappa shape index (κ1) is 13.8. The molecule has 0 aliphatic carbocycles. The van der Waals surface area contributed by atoms with E-state index >= 15 is 0 Å². The number of nitrogens with zero attached hydrogens (tertiary/aromatic N) is 2. The summed E-state index contributed by atoms with van der Waals surface area (Å²) in [6, 6.07) is 0. The maximum atomic E-state index is 11.4. The largest absolute Gasteiger partial charge is 0.244 e. The molecule has 0 fully saturated rings. The Balaban J connectivity index is 0.00000169. The highest BCUT2D eigenvalue weighted by Gasteiger charge is 2.18. The topological polar surface area (TPSA) is 42.3 Å². The standard InChI is InChI=1S/C8H12N2OS2.H2S/c1-8(2,3)13(11)10-4-7-5-12-6-9-7;/h4-6H,1-3H3;1H2/t13-;/m0./s1. The van der Waals surface area contributed by atoms with Crippen molar-refractivity contribution in [3.8, 4) is 0 Å². The minimum absolute atomic E-state index is 0. The normalized spacial score (nSPS) is 13.9. The maximum absolute atomic E-state index is 11.4. The van der Waals surface area contributed by atoms with Gasteiger partial charge < -0.3 is 0 Å². The molecular weight excluding hydrogens is 236 g/mol. The smallest absolute Gasteiger partial charge is 0.144 e. The van der Waals surface area contributed by atoms with E-state index in [2.05, 4.69) is 9.38 Å². The predicted molar refractivity (Wildman–Crippen MR) is 68.0 cm³/mol. The minimum Gasteiger partial charge on any atom is -0.244 e. The molecule has 6 heteroatoms. The zero-order valence-corrected chi connectivity index (χ0v) is 11.0. The summed E-state index contributed by atoms with van der Waals surface area (Å²) in [5.41, 5.74) is 2.49. The number of thiazole rings is 1. The van der Waals surface area contributed by atoms with Gasteiger partial charge in [-0.25, -0.2) is 9.19 Å². The van der Waals surface area contributed by atoms with Crippen molar-refractivity contribution in [2.45, 2.75) is 25.5 Å². The second-order valence-corrected chi connectivity index (χ2v) is 6.16. The van der Waals surface area contributed by atoms with Crippen molar-refractivity contribution in [3.05, 3.63) is 16.6 Å². The van der Waals surface area contributed by atoms with Crippen molar-refractivity contribution in [2.75, 3.05) is 0 Å². The van der Waals surface area contributed by atoms with E-state index < -0.39 is 11.0 Å². The average Bonchev–Trinajstić information content (AvgIpc) is 2.50. The molecular formula is C8H14N2OS3. The lowest BCUT2D eigenvalue weighted by molar-refractivity contribution is 0.651. The Kier molecular flexibility index (Phi) is 5.54. The highest BCUT2D eigenvalue weighted by molar-refractivity contribution is 7.85. The number of hydrogen-bond donors (Lipinski definition) is 0. The fourth-order valence-corrected chi connectivity index (χ4v) is 1.57. The molecule has 0 aromatic carbocycles. The fraction of sp³-hybridized carbons (Fsp3) is 0.500. The zero-order valence-electron chi connectivity index (χ0n) is 8.35. The van der Waals surface area contributed by atoms with Crippen molar-refractivity contribution in [2.24, 2.45) is 4.40 Å². The predicted octanol–water partition coefficient (Wildman–Crippen LogP) is 2.14. The summed E-state index contributed by atoms with van der Waals surface area (Å²) in [5, 5.41) is 1.86. The Hall–Kier alpha value is -0.200. The quantitative estimate of drug-likeness (QED) is 0.755. The molecule has 1 heterocycles. The third-order valence-corrected chi connectivity index (χ3v) is 3.21. The molecule has 1 rings (SSSR count). The first-order chi connectivity index (χ1) is 6.00. The third-order valence-electron chi connectivity index (χ3n) is 1.26. The van der Waals surface area contributed by atoms with Crippen LogP contribution in [0.1, 0.15) is 26.5 Å². The molecule has 1 aromatic heterocycles. The van der Waals surface area contributed by atoms with Crippen molar-refractivity contribution >= 4 is 42.0 Å². The van der Waals surface area contributed by atoms with Crippen LogP contribution < -0.4 is 0 Å². The Morgan fingerprint density at radius 2 is 2.21 bits per heavy atom. The Bertz CT molecular complexity index is 314. The molecule has 1 aromatic rings. The first-order valence-electron chi connectivity index (χ1n) is 3.84. The van der Waals surface area contributed by atoms with Crippen LogP contribution in [0.5, 0.6) is 0 Å². The van der Waals surface area contributed by atoms with Gasteiger partial charge >= 0.3 is 0 Å². The third kappa shape index (κ3) is 4.34. The van der Waals surface area contributed by atoms with E-state index in [0.717, 1.165) is 5.69 Å². The average molecular weight is 250 g/mol. The summed E-state index contributed by atoms with van der Waals surface area (Å²) in [4.78, 5) is 4.01. The molecule has 3 nitrogen and oxygen atoms in total. The van der Waals surface area contributed by atoms with Gasteiger partial charge in [-0.3, -0.25) is 0 Å². The Labute approximate surface area is 97.7 Å². The van der Waals surface area contributed by atoms with Gasteiger partial charge in [0.15, 0.2) is 0 Å². The van der Waals surface area contributed by atoms with Crippen molar-refractivity contribution in [3.63, 3.8) is 0 Å². The summed E-state index contributed by atoms with van der Waals surface area (Å²) in [7, 11) is -1.19. The van der Waals surface area contributed by atoms with Gasteiger partial charge in [-0.15, -0.1) is 11.3 Å². The van der Waals surface area contributed by atoms with Crippen LogP contribution in [-0.4, -0.2) is 20.2 Å². The van der Waals surface area contributed by atoms with E-state index in [4.69, 9.17) is 0 Å². The van der Waals surface area contributed by atoms with Gasteiger partial charge in [-0.1, -0.05) is 0 Å². The molecule has 0 spiro atoms. The summed E-state index contributed by atoms with van der Waals surface area (Å²) in [5.74, 6) is 0. The lowest BCUT2D eigenvalue weighted by Gasteiger charge is -2.12. The van der Waals surface area contributed by atoms with Crippen LogP contribution in [0.3, 0.4) is 0 Å². The zero-order chi connectivity index (χ0) is 9.90. The summed E-state index contributed by atoms with van der Waals surface area (Å²) in [6.45, 7) is 5.67. The van der Waals surface area contributed by atoms with Crippen LogP contribution in [0.25, 0.3) is 0 Å². The maximum Gasteiger partial charge on any atom is 0.144 e. The minimum atomic E-state index is -1.19. The first-order valence-corrected chi connectivity index (χ1v) is 5.89. The van der Waals surface area contributed by atoms with E-state index in [0.29, 0.717) is 0 Å². The molecule has 0 radical (unpaired) electrons. The Morgan fingerprint density at radius 3 is 2.64 bits per heavy atom. The van der Waals surface area contributed by atoms with Gasteiger partial charge in [0.2, 0.25) is 0 Å². The van der Waals surface area contributed by atoms with Crippen molar-refractivity contribution < 1.29 is 4.21 Å². The van der Waals surface area contributed by atoms with Crippen LogP contribution in [0, 0.1) is 0 Å². The van der Waals surface area contributed by atoms with E-state index in [1.165, 1.54) is 11.3 Å². The lowest BCUT2D eigenvalue weighted by atomic mass is 10.3. The van der Waals surface area contributed by atoms with Crippen LogP contribution in [0.15, 0.2) is 15.3 Å². The van der Waals surface area contributed by atoms with Crippen LogP contribution >= 0.6 is 24.8 Å². The number of rotatable bonds is 2. The lowest BCUT2D eigenvalue weighted by Crippen LogP contribution is -2.19. The van der Waals surface area contributed by atoms with Crippen molar-refractivity contribution in [1.82, 2.24) is 4.98 Å². The van der Waals surface area contributed by atoms with E-state index in [1.54, 1.807) is 11.7 Å². The van der Waals surface area contributed by atoms with Crippen LogP contribution in [0.2, 0.25) is 0 Å². The van der Waals surface area contributed by atoms with Gasteiger partial charge in [-0.2, -0.15) is 17.9 Å². The summed E-state index contributed by atoms with van der Waals surface area (Å²) < 4.78 is 15.1. The molecule has 0 aliphatic rings. The molecule has 0 N–H and O–H groups in total. The molecule has 0 aliphatic heterocycles. The molecule has 0 saturated carbocycles. The van der Waals surface area contributed by atoms with E-state index in [-0.39, 0.29) is 18.2 Å². The molecule has 1 atom stereocenters. The van der Waals surface area contributed by atoms with E-state index in [1.807, 2.05) is 26.2 Å². The summed E-state index contributed by atoms with van der Waals surface area (Å²) >= 11 is 1.50. The van der Waals surface area contributed by atoms with E-state index in [9.17, 15) is 4.21 Å². The SMILES string of the molecule is CC(C)(C)[S@](=O)N=Cc1cscn1.S. The molecule has 0 saturated heterocycles. The molecule has 0 bridgehead atoms. The fourth-order valence-electron chi connectivity index (χ4n) is 0.546. The highest BCUT2D eigenvalue weighted by atomic mass is 32.2. The van der Waals surface area contributed by atoms with Gasteiger partial charge in [0.25, 0.3) is 0 Å². The number of aromatic nitrogens is 1. The molecule has 0 amide bonds. The van der Waals surface area contributed by atoms with Crippen LogP contribution in [0.4, 0.5) is 0 Å². The van der Waals surface area contributed by atoms with Gasteiger partial charge in [0.05, 0.1) is 22.2 Å². The van der Waals surface area contributed by atoms with Crippen molar-refractivity contribution in [1.29, 1.82) is 0 Å². The summed E-state index contributed by atoms with van der Waals surface area (Å²) in [6.07, 6.45) is 1.55. The monoisotopic (exact) mass is 250 g/mol. The van der Waals surface area contributed by atoms with Gasteiger partial charge in [-0.05, 0) is 20.8 Å². The molecule has 80 valence electrons. The highest BCUT2D eigenvalue weighted by Crippen LogP contribution is 2.12.